The van der Waals surface area contributed by atoms with Crippen LogP contribution in [0.15, 0.2) is 188 Å². The van der Waals surface area contributed by atoms with E-state index in [2.05, 4.69) is 234 Å². The van der Waals surface area contributed by atoms with Gasteiger partial charge in [-0.25, -0.2) is 0 Å². The van der Waals surface area contributed by atoms with Gasteiger partial charge >= 0.3 is 0 Å². The van der Waals surface area contributed by atoms with Crippen LogP contribution in [0.4, 0.5) is 0 Å². The van der Waals surface area contributed by atoms with Crippen molar-refractivity contribution in [3.05, 3.63) is 188 Å². The molecule has 0 fully saturated rings. The van der Waals surface area contributed by atoms with Crippen molar-refractivity contribution in [2.24, 2.45) is 0 Å². The van der Waals surface area contributed by atoms with Gasteiger partial charge in [-0.2, -0.15) is 0 Å². The summed E-state index contributed by atoms with van der Waals surface area (Å²) >= 11 is 14.7. The average Bonchev–Trinajstić information content (AvgIpc) is 3.18. The standard InChI is InChI=1S/C48H28Br4/c49-33-17-9-29(10-18-33)37-25-26-39(31-13-21-35(51)22-14-31)47-43-7-3-4-8-44(43)48-40(32-15-23-36(52)24-16-32)28-27-38(30-11-19-34(50)20-12-30)46(48)42-6-2-1-5-41(42)45(37)47/h1-28H. The molecular formula is C48H28Br4. The Morgan fingerprint density at radius 3 is 0.577 bits per heavy atom. The molecular weight excluding hydrogens is 896 g/mol. The summed E-state index contributed by atoms with van der Waals surface area (Å²) in [6.45, 7) is 0. The quantitative estimate of drug-likeness (QED) is 0.165. The molecule has 8 aromatic rings. The zero-order valence-electron chi connectivity index (χ0n) is 27.7. The molecule has 0 spiro atoms. The maximum atomic E-state index is 3.68. The van der Waals surface area contributed by atoms with Gasteiger partial charge in [0.2, 0.25) is 0 Å². The second kappa shape index (κ2) is 13.9. The fraction of sp³-hybridized carbons (Fsp3) is 0. The molecule has 9 rings (SSSR count). The van der Waals surface area contributed by atoms with Crippen molar-refractivity contribution in [2.45, 2.75) is 0 Å². The molecule has 52 heavy (non-hydrogen) atoms. The molecule has 0 N–H and O–H groups in total. The highest BCUT2D eigenvalue weighted by Crippen LogP contribution is 2.57. The van der Waals surface area contributed by atoms with E-state index in [9.17, 15) is 0 Å². The first-order valence-electron chi connectivity index (χ1n) is 17.0. The van der Waals surface area contributed by atoms with Gasteiger partial charge in [0.25, 0.3) is 0 Å². The average molecular weight is 924 g/mol. The van der Waals surface area contributed by atoms with E-state index in [-0.39, 0.29) is 0 Å². The maximum absolute atomic E-state index is 3.68. The highest BCUT2D eigenvalue weighted by atomic mass is 79.9. The van der Waals surface area contributed by atoms with E-state index in [1.54, 1.807) is 0 Å². The first-order valence-corrected chi connectivity index (χ1v) is 20.2. The highest BCUT2D eigenvalue weighted by molar-refractivity contribution is 9.11. The molecule has 0 amide bonds. The third-order valence-electron chi connectivity index (χ3n) is 9.96. The van der Waals surface area contributed by atoms with Crippen molar-refractivity contribution >= 4 is 63.7 Å². The van der Waals surface area contributed by atoms with Crippen LogP contribution in [-0.4, -0.2) is 0 Å². The number of benzene rings is 8. The third kappa shape index (κ3) is 5.96. The fourth-order valence-corrected chi connectivity index (χ4v) is 8.70. The molecule has 4 heteroatoms. The molecule has 0 bridgehead atoms. The van der Waals surface area contributed by atoms with E-state index in [4.69, 9.17) is 0 Å². The van der Waals surface area contributed by atoms with Crippen LogP contribution in [0.5, 0.6) is 0 Å². The van der Waals surface area contributed by atoms with Crippen LogP contribution in [0.1, 0.15) is 0 Å². The summed E-state index contributed by atoms with van der Waals surface area (Å²) in [6, 6.07) is 62.1. The minimum Gasteiger partial charge on any atom is -0.0616 e. The van der Waals surface area contributed by atoms with Crippen molar-refractivity contribution in [1.29, 1.82) is 0 Å². The lowest BCUT2D eigenvalue weighted by Crippen LogP contribution is -2.03. The molecule has 0 saturated carbocycles. The van der Waals surface area contributed by atoms with Crippen molar-refractivity contribution in [3.8, 4) is 89.0 Å². The van der Waals surface area contributed by atoms with Crippen LogP contribution >= 0.6 is 63.7 Å². The molecule has 1 aliphatic carbocycles. The van der Waals surface area contributed by atoms with Crippen LogP contribution < -0.4 is 0 Å². The summed E-state index contributed by atoms with van der Waals surface area (Å²) in [5.41, 5.74) is 19.2. The summed E-state index contributed by atoms with van der Waals surface area (Å²) in [6.07, 6.45) is 0. The van der Waals surface area contributed by atoms with Crippen molar-refractivity contribution in [2.75, 3.05) is 0 Å². The van der Waals surface area contributed by atoms with E-state index in [0.717, 1.165) is 17.9 Å². The van der Waals surface area contributed by atoms with Gasteiger partial charge in [0.15, 0.2) is 0 Å². The Balaban J connectivity index is 1.49. The molecule has 0 atom stereocenters. The smallest absolute Gasteiger partial charge is 0.0175 e. The van der Waals surface area contributed by atoms with E-state index in [0.29, 0.717) is 0 Å². The number of fused-ring (bicyclic) bond motifs is 8. The predicted octanol–water partition coefficient (Wildman–Crippen LogP) is 16.4. The van der Waals surface area contributed by atoms with Gasteiger partial charge in [-0.05, 0) is 138 Å². The summed E-state index contributed by atoms with van der Waals surface area (Å²) in [5.74, 6) is 0. The zero-order chi connectivity index (χ0) is 35.3. The Bertz CT molecular complexity index is 2250. The molecule has 0 aromatic heterocycles. The topological polar surface area (TPSA) is 0 Å². The second-order valence-electron chi connectivity index (χ2n) is 12.9. The second-order valence-corrected chi connectivity index (χ2v) is 16.6. The summed E-state index contributed by atoms with van der Waals surface area (Å²) < 4.78 is 4.24. The van der Waals surface area contributed by atoms with Crippen LogP contribution in [0.2, 0.25) is 0 Å². The Kier molecular flexibility index (Phi) is 8.96. The lowest BCUT2D eigenvalue weighted by Gasteiger charge is -2.30. The van der Waals surface area contributed by atoms with E-state index >= 15 is 0 Å². The molecule has 0 radical (unpaired) electrons. The maximum Gasteiger partial charge on any atom is 0.0175 e. The molecule has 248 valence electrons. The summed E-state index contributed by atoms with van der Waals surface area (Å²) in [5, 5.41) is 0. The molecule has 8 aromatic carbocycles. The van der Waals surface area contributed by atoms with Crippen LogP contribution in [0, 0.1) is 0 Å². The van der Waals surface area contributed by atoms with Crippen LogP contribution in [0.3, 0.4) is 0 Å². The Labute approximate surface area is 337 Å². The van der Waals surface area contributed by atoms with Crippen LogP contribution in [-0.2, 0) is 0 Å². The summed E-state index contributed by atoms with van der Waals surface area (Å²) in [4.78, 5) is 0. The molecule has 0 unspecified atom stereocenters. The number of hydrogen-bond donors (Lipinski definition) is 0. The predicted molar refractivity (Wildman–Crippen MR) is 234 cm³/mol. The van der Waals surface area contributed by atoms with Gasteiger partial charge in [-0.1, -0.05) is 185 Å². The largest absolute Gasteiger partial charge is 0.0616 e. The third-order valence-corrected chi connectivity index (χ3v) is 12.1. The Morgan fingerprint density at radius 1 is 0.192 bits per heavy atom. The Morgan fingerprint density at radius 2 is 0.385 bits per heavy atom. The molecule has 0 saturated heterocycles. The SMILES string of the molecule is Brc1ccc(-c2ccc(-c3ccc(Br)cc3)c3c2-c2ccccc2-c2c(-c4ccc(Br)cc4)ccc(-c4ccc(Br)cc4)c2-c2ccccc2-3)cc1. The highest BCUT2D eigenvalue weighted by Gasteiger charge is 2.30. The Hall–Kier alpha value is -4.32. The van der Waals surface area contributed by atoms with E-state index in [1.165, 1.54) is 89.0 Å². The lowest BCUT2D eigenvalue weighted by molar-refractivity contribution is 1.49. The molecule has 0 aliphatic heterocycles. The van der Waals surface area contributed by atoms with Gasteiger partial charge in [0.1, 0.15) is 0 Å². The van der Waals surface area contributed by atoms with Gasteiger partial charge in [0.05, 0.1) is 0 Å². The number of rotatable bonds is 4. The van der Waals surface area contributed by atoms with Crippen molar-refractivity contribution in [3.63, 3.8) is 0 Å². The first kappa shape index (κ1) is 33.5. The zero-order valence-corrected chi connectivity index (χ0v) is 34.0. The van der Waals surface area contributed by atoms with Gasteiger partial charge < -0.3 is 0 Å². The molecule has 1 aliphatic rings. The van der Waals surface area contributed by atoms with Crippen molar-refractivity contribution < 1.29 is 0 Å². The van der Waals surface area contributed by atoms with Gasteiger partial charge in [-0.15, -0.1) is 0 Å². The minimum absolute atomic E-state index is 1.06. The van der Waals surface area contributed by atoms with Gasteiger partial charge in [-0.3, -0.25) is 0 Å². The van der Waals surface area contributed by atoms with Crippen LogP contribution in [0.25, 0.3) is 89.0 Å². The molecule has 0 heterocycles. The number of hydrogen-bond acceptors (Lipinski definition) is 0. The lowest BCUT2D eigenvalue weighted by atomic mass is 9.73. The molecule has 0 nitrogen and oxygen atoms in total. The number of halogens is 4. The minimum atomic E-state index is 1.06. The van der Waals surface area contributed by atoms with Gasteiger partial charge in [0, 0.05) is 17.9 Å². The van der Waals surface area contributed by atoms with Crippen molar-refractivity contribution in [1.82, 2.24) is 0 Å². The first-order chi connectivity index (χ1) is 25.4. The summed E-state index contributed by atoms with van der Waals surface area (Å²) in [7, 11) is 0. The monoisotopic (exact) mass is 920 g/mol. The van der Waals surface area contributed by atoms with E-state index in [1.807, 2.05) is 0 Å². The fourth-order valence-electron chi connectivity index (χ4n) is 7.64. The van der Waals surface area contributed by atoms with E-state index < -0.39 is 0 Å². The normalized spacial score (nSPS) is 11.5.